The monoisotopic (exact) mass is 300 g/mol. The molecule has 0 saturated heterocycles. The van der Waals surface area contributed by atoms with Crippen LogP contribution in [0.3, 0.4) is 0 Å². The fourth-order valence-corrected chi connectivity index (χ4v) is 2.37. The summed E-state index contributed by atoms with van der Waals surface area (Å²) in [7, 11) is 0. The van der Waals surface area contributed by atoms with Crippen LogP contribution in [0.4, 0.5) is 10.5 Å². The van der Waals surface area contributed by atoms with Crippen LogP contribution >= 0.6 is 0 Å². The van der Waals surface area contributed by atoms with E-state index in [0.29, 0.717) is 13.1 Å². The summed E-state index contributed by atoms with van der Waals surface area (Å²) in [5, 5.41) is 0. The van der Waals surface area contributed by atoms with Crippen LogP contribution in [0, 0.1) is 0 Å². The van der Waals surface area contributed by atoms with Crippen molar-refractivity contribution in [1.82, 2.24) is 14.9 Å². The largest absolute Gasteiger partial charge is 0.444 e. The standard InChI is InChI=1S/C16H20N4O2/c1-16(2,3)22-15(21)20-8-12-13(9-20)19-14(18-12)10-4-6-11(17)7-5-10/h4-7H,8-9,17H2,1-3H3,(H,18,19). The molecule has 1 amide bonds. The Kier molecular flexibility index (Phi) is 3.31. The minimum atomic E-state index is -0.490. The van der Waals surface area contributed by atoms with Gasteiger partial charge in [-0.1, -0.05) is 0 Å². The summed E-state index contributed by atoms with van der Waals surface area (Å²) in [4.78, 5) is 21.6. The number of carbonyl (C=O) groups excluding carboxylic acids is 1. The van der Waals surface area contributed by atoms with Crippen LogP contribution in [0.1, 0.15) is 32.2 Å². The second kappa shape index (κ2) is 5.05. The molecule has 0 saturated carbocycles. The number of carbonyl (C=O) groups is 1. The molecule has 0 unspecified atom stereocenters. The Morgan fingerprint density at radius 1 is 1.27 bits per heavy atom. The Hall–Kier alpha value is -2.50. The quantitative estimate of drug-likeness (QED) is 0.793. The summed E-state index contributed by atoms with van der Waals surface area (Å²) in [5.74, 6) is 0.800. The van der Waals surface area contributed by atoms with Crippen molar-refractivity contribution in [2.45, 2.75) is 39.5 Å². The number of rotatable bonds is 1. The number of aromatic nitrogens is 2. The van der Waals surface area contributed by atoms with Crippen molar-refractivity contribution in [2.24, 2.45) is 0 Å². The van der Waals surface area contributed by atoms with E-state index in [1.807, 2.05) is 45.0 Å². The molecule has 1 aliphatic rings. The first kappa shape index (κ1) is 14.4. The number of anilines is 1. The first-order valence-electron chi connectivity index (χ1n) is 7.23. The van der Waals surface area contributed by atoms with Crippen molar-refractivity contribution in [3.05, 3.63) is 35.7 Å². The van der Waals surface area contributed by atoms with Crippen molar-refractivity contribution in [1.29, 1.82) is 0 Å². The molecule has 0 atom stereocenters. The summed E-state index contributed by atoms with van der Waals surface area (Å²) >= 11 is 0. The van der Waals surface area contributed by atoms with Gasteiger partial charge < -0.3 is 15.5 Å². The molecule has 0 aliphatic carbocycles. The molecular formula is C16H20N4O2. The topological polar surface area (TPSA) is 84.2 Å². The maximum Gasteiger partial charge on any atom is 0.410 e. The van der Waals surface area contributed by atoms with Gasteiger partial charge in [-0.25, -0.2) is 9.78 Å². The summed E-state index contributed by atoms with van der Waals surface area (Å²) in [6.07, 6.45) is -0.312. The van der Waals surface area contributed by atoms with Gasteiger partial charge in [-0.15, -0.1) is 0 Å². The number of nitrogens with one attached hydrogen (secondary N) is 1. The number of ether oxygens (including phenoxy) is 1. The van der Waals surface area contributed by atoms with Crippen molar-refractivity contribution < 1.29 is 9.53 Å². The average molecular weight is 300 g/mol. The zero-order valence-electron chi connectivity index (χ0n) is 13.0. The van der Waals surface area contributed by atoms with E-state index in [1.54, 1.807) is 4.90 Å². The highest BCUT2D eigenvalue weighted by Gasteiger charge is 2.30. The predicted molar refractivity (Wildman–Crippen MR) is 83.9 cm³/mol. The highest BCUT2D eigenvalue weighted by molar-refractivity contribution is 5.69. The second-order valence-electron chi connectivity index (χ2n) is 6.47. The van der Waals surface area contributed by atoms with Crippen LogP contribution in [0.15, 0.2) is 24.3 Å². The number of nitrogens with two attached hydrogens (primary N) is 1. The Morgan fingerprint density at radius 3 is 2.55 bits per heavy atom. The Morgan fingerprint density at radius 2 is 1.95 bits per heavy atom. The van der Waals surface area contributed by atoms with Gasteiger partial charge in [0.05, 0.1) is 24.5 Å². The van der Waals surface area contributed by atoms with Crippen molar-refractivity contribution in [3.8, 4) is 11.4 Å². The molecule has 2 heterocycles. The van der Waals surface area contributed by atoms with Crippen LogP contribution in [0.5, 0.6) is 0 Å². The summed E-state index contributed by atoms with van der Waals surface area (Å²) < 4.78 is 5.38. The lowest BCUT2D eigenvalue weighted by molar-refractivity contribution is 0.0239. The zero-order valence-corrected chi connectivity index (χ0v) is 13.0. The van der Waals surface area contributed by atoms with E-state index in [2.05, 4.69) is 9.97 Å². The van der Waals surface area contributed by atoms with E-state index in [-0.39, 0.29) is 6.09 Å². The first-order chi connectivity index (χ1) is 10.3. The van der Waals surface area contributed by atoms with Crippen molar-refractivity contribution in [3.63, 3.8) is 0 Å². The van der Waals surface area contributed by atoms with E-state index in [0.717, 1.165) is 28.5 Å². The van der Waals surface area contributed by atoms with E-state index in [9.17, 15) is 4.79 Å². The molecular weight excluding hydrogens is 280 g/mol. The third-order valence-electron chi connectivity index (χ3n) is 3.39. The molecule has 0 spiro atoms. The molecule has 6 heteroatoms. The van der Waals surface area contributed by atoms with Crippen LogP contribution in [0.25, 0.3) is 11.4 Å². The van der Waals surface area contributed by atoms with E-state index < -0.39 is 5.60 Å². The SMILES string of the molecule is CC(C)(C)OC(=O)N1Cc2nc(-c3ccc(N)cc3)[nH]c2C1. The first-order valence-corrected chi connectivity index (χ1v) is 7.23. The minimum Gasteiger partial charge on any atom is -0.444 e. The molecule has 6 nitrogen and oxygen atoms in total. The van der Waals surface area contributed by atoms with E-state index in [4.69, 9.17) is 10.5 Å². The number of nitrogen functional groups attached to an aromatic ring is 1. The third kappa shape index (κ3) is 2.90. The van der Waals surface area contributed by atoms with Gasteiger partial charge in [0.1, 0.15) is 11.4 Å². The minimum absolute atomic E-state index is 0.312. The normalized spacial score (nSPS) is 14.0. The van der Waals surface area contributed by atoms with Gasteiger partial charge in [0.25, 0.3) is 0 Å². The second-order valence-corrected chi connectivity index (χ2v) is 6.47. The number of imidazole rings is 1. The van der Waals surface area contributed by atoms with Crippen molar-refractivity contribution in [2.75, 3.05) is 5.73 Å². The van der Waals surface area contributed by atoms with Gasteiger partial charge in [-0.3, -0.25) is 4.90 Å². The smallest absolute Gasteiger partial charge is 0.410 e. The maximum absolute atomic E-state index is 12.1. The third-order valence-corrected chi connectivity index (χ3v) is 3.39. The van der Waals surface area contributed by atoms with E-state index in [1.165, 1.54) is 0 Å². The molecule has 1 aliphatic heterocycles. The molecule has 2 aromatic rings. The molecule has 116 valence electrons. The number of amides is 1. The molecule has 0 radical (unpaired) electrons. The van der Waals surface area contributed by atoms with Gasteiger partial charge in [-0.05, 0) is 45.0 Å². The number of fused-ring (bicyclic) bond motifs is 1. The lowest BCUT2D eigenvalue weighted by atomic mass is 10.2. The lowest BCUT2D eigenvalue weighted by Gasteiger charge is -2.24. The number of benzene rings is 1. The van der Waals surface area contributed by atoms with Crippen LogP contribution in [-0.4, -0.2) is 26.6 Å². The number of aromatic amines is 1. The molecule has 0 bridgehead atoms. The zero-order chi connectivity index (χ0) is 15.9. The molecule has 22 heavy (non-hydrogen) atoms. The van der Waals surface area contributed by atoms with E-state index >= 15 is 0 Å². The summed E-state index contributed by atoms with van der Waals surface area (Å²) in [6.45, 7) is 6.54. The van der Waals surface area contributed by atoms with Crippen LogP contribution in [0.2, 0.25) is 0 Å². The maximum atomic E-state index is 12.1. The highest BCUT2D eigenvalue weighted by Crippen LogP contribution is 2.26. The lowest BCUT2D eigenvalue weighted by Crippen LogP contribution is -2.33. The Balaban J connectivity index is 1.73. The molecule has 0 fully saturated rings. The molecule has 1 aromatic carbocycles. The van der Waals surface area contributed by atoms with Crippen LogP contribution in [-0.2, 0) is 17.8 Å². The van der Waals surface area contributed by atoms with Gasteiger partial charge in [0.2, 0.25) is 0 Å². The number of nitrogens with zero attached hydrogens (tertiary/aromatic N) is 2. The summed E-state index contributed by atoms with van der Waals surface area (Å²) in [6, 6.07) is 7.54. The molecule has 3 rings (SSSR count). The summed E-state index contributed by atoms with van der Waals surface area (Å²) in [5.41, 5.74) is 8.74. The number of hydrogen-bond acceptors (Lipinski definition) is 4. The average Bonchev–Trinajstić information content (AvgIpc) is 2.95. The van der Waals surface area contributed by atoms with Gasteiger partial charge >= 0.3 is 6.09 Å². The number of hydrogen-bond donors (Lipinski definition) is 2. The fourth-order valence-electron chi connectivity index (χ4n) is 2.37. The predicted octanol–water partition coefficient (Wildman–Crippen LogP) is 2.91. The van der Waals surface area contributed by atoms with Gasteiger partial charge in [-0.2, -0.15) is 0 Å². The molecule has 3 N–H and O–H groups in total. The highest BCUT2D eigenvalue weighted by atomic mass is 16.6. The van der Waals surface area contributed by atoms with Crippen molar-refractivity contribution >= 4 is 11.8 Å². The van der Waals surface area contributed by atoms with Gasteiger partial charge in [0, 0.05) is 11.3 Å². The van der Waals surface area contributed by atoms with Gasteiger partial charge in [0.15, 0.2) is 0 Å². The Labute approximate surface area is 129 Å². The Bertz CT molecular complexity index is 674. The fraction of sp³-hybridized carbons (Fsp3) is 0.375. The van der Waals surface area contributed by atoms with Crippen LogP contribution < -0.4 is 5.73 Å². The number of H-pyrrole nitrogens is 1. The molecule has 1 aromatic heterocycles.